The number of esters is 2. The maximum absolute atomic E-state index is 12.6. The molecule has 1 aliphatic rings. The van der Waals surface area contributed by atoms with Crippen LogP contribution < -0.4 is 5.32 Å². The molecule has 0 saturated carbocycles. The Kier molecular flexibility index (Phi) is 6.54. The maximum Gasteiger partial charge on any atom is 0.341 e. The van der Waals surface area contributed by atoms with Crippen molar-refractivity contribution in [1.82, 2.24) is 15.2 Å². The number of aromatic amines is 1. The van der Waals surface area contributed by atoms with Gasteiger partial charge in [-0.15, -0.1) is 0 Å². The monoisotopic (exact) mass is 399 g/mol. The second kappa shape index (κ2) is 9.27. The first-order valence-electron chi connectivity index (χ1n) is 9.74. The Morgan fingerprint density at radius 3 is 2.66 bits per heavy atom. The first-order valence-corrected chi connectivity index (χ1v) is 9.74. The van der Waals surface area contributed by atoms with Crippen LogP contribution in [0, 0.1) is 0 Å². The van der Waals surface area contributed by atoms with Gasteiger partial charge in [0.1, 0.15) is 0 Å². The van der Waals surface area contributed by atoms with E-state index in [9.17, 15) is 14.4 Å². The summed E-state index contributed by atoms with van der Waals surface area (Å²) in [6.07, 6.45) is 2.18. The number of benzene rings is 1. The highest BCUT2D eigenvalue weighted by molar-refractivity contribution is 6.18. The molecule has 2 heterocycles. The quantitative estimate of drug-likeness (QED) is 0.727. The van der Waals surface area contributed by atoms with Crippen molar-refractivity contribution in [3.8, 4) is 0 Å². The molecule has 0 radical (unpaired) electrons. The molecule has 0 atom stereocenters. The molecule has 0 aliphatic carbocycles. The maximum atomic E-state index is 12.6. The second-order valence-corrected chi connectivity index (χ2v) is 6.52. The van der Waals surface area contributed by atoms with Crippen molar-refractivity contribution < 1.29 is 23.9 Å². The molecule has 8 heteroatoms. The van der Waals surface area contributed by atoms with Crippen molar-refractivity contribution in [2.45, 2.75) is 26.7 Å². The van der Waals surface area contributed by atoms with Crippen LogP contribution in [0.4, 0.5) is 4.79 Å². The number of para-hydroxylation sites is 1. The summed E-state index contributed by atoms with van der Waals surface area (Å²) < 4.78 is 10.1. The van der Waals surface area contributed by atoms with E-state index >= 15 is 0 Å². The zero-order valence-corrected chi connectivity index (χ0v) is 16.6. The topological polar surface area (TPSA) is 101 Å². The number of nitrogens with zero attached hydrogens (tertiary/aromatic N) is 1. The molecule has 1 aromatic carbocycles. The predicted molar refractivity (Wildman–Crippen MR) is 108 cm³/mol. The summed E-state index contributed by atoms with van der Waals surface area (Å²) in [5.74, 6) is -0.862. The zero-order valence-electron chi connectivity index (χ0n) is 16.6. The molecule has 3 rings (SSSR count). The molecule has 1 aliphatic heterocycles. The minimum Gasteiger partial charge on any atom is -0.466 e. The molecule has 0 fully saturated rings. The van der Waals surface area contributed by atoms with E-state index in [0.717, 1.165) is 16.5 Å². The van der Waals surface area contributed by atoms with E-state index in [0.29, 0.717) is 30.8 Å². The lowest BCUT2D eigenvalue weighted by Gasteiger charge is -2.18. The Morgan fingerprint density at radius 1 is 1.14 bits per heavy atom. The Bertz CT molecular complexity index is 947. The Morgan fingerprint density at radius 2 is 1.90 bits per heavy atom. The van der Waals surface area contributed by atoms with Crippen LogP contribution in [-0.4, -0.2) is 54.2 Å². The first kappa shape index (κ1) is 20.4. The smallest absolute Gasteiger partial charge is 0.341 e. The standard InChI is InChI=1S/C21H25N3O5/c1-3-28-18(25)9-11-22-21(27)24-12-10-15-14-7-5-6-8-17(14)23-19(15)16(13-24)20(26)29-4-2/h5-8,13,23H,3-4,9-12H2,1-2H3,(H,22,27). The number of aromatic nitrogens is 1. The fourth-order valence-corrected chi connectivity index (χ4v) is 3.34. The Labute approximate surface area is 168 Å². The summed E-state index contributed by atoms with van der Waals surface area (Å²) >= 11 is 0. The average Bonchev–Trinajstić information content (AvgIpc) is 2.95. The van der Waals surface area contributed by atoms with Crippen molar-refractivity contribution in [3.63, 3.8) is 0 Å². The van der Waals surface area contributed by atoms with Crippen LogP contribution >= 0.6 is 0 Å². The molecule has 0 unspecified atom stereocenters. The van der Waals surface area contributed by atoms with Crippen LogP contribution in [0.5, 0.6) is 0 Å². The molecule has 2 amide bonds. The van der Waals surface area contributed by atoms with Gasteiger partial charge in [-0.05, 0) is 31.9 Å². The molecule has 0 saturated heterocycles. The Hall–Kier alpha value is -3.29. The largest absolute Gasteiger partial charge is 0.466 e. The number of H-pyrrole nitrogens is 1. The molecule has 8 nitrogen and oxygen atoms in total. The van der Waals surface area contributed by atoms with Gasteiger partial charge >= 0.3 is 18.0 Å². The lowest BCUT2D eigenvalue weighted by molar-refractivity contribution is -0.143. The van der Waals surface area contributed by atoms with Gasteiger partial charge < -0.3 is 19.8 Å². The van der Waals surface area contributed by atoms with E-state index in [-0.39, 0.29) is 31.6 Å². The van der Waals surface area contributed by atoms with Crippen molar-refractivity contribution in [3.05, 3.63) is 41.7 Å². The third-order valence-electron chi connectivity index (χ3n) is 4.64. The summed E-state index contributed by atoms with van der Waals surface area (Å²) in [5.41, 5.74) is 2.88. The number of ether oxygens (including phenoxy) is 2. The fourth-order valence-electron chi connectivity index (χ4n) is 3.34. The third kappa shape index (κ3) is 4.59. The van der Waals surface area contributed by atoms with Gasteiger partial charge in [0.15, 0.2) is 0 Å². The number of urea groups is 1. The van der Waals surface area contributed by atoms with Crippen molar-refractivity contribution >= 4 is 34.4 Å². The van der Waals surface area contributed by atoms with Gasteiger partial charge in [-0.25, -0.2) is 9.59 Å². The lowest BCUT2D eigenvalue weighted by Crippen LogP contribution is -2.38. The number of carbonyl (C=O) groups excluding carboxylic acids is 3. The van der Waals surface area contributed by atoms with Crippen molar-refractivity contribution in [2.24, 2.45) is 0 Å². The van der Waals surface area contributed by atoms with Gasteiger partial charge in [-0.3, -0.25) is 9.69 Å². The van der Waals surface area contributed by atoms with Crippen molar-refractivity contribution in [2.75, 3.05) is 26.3 Å². The van der Waals surface area contributed by atoms with E-state index in [4.69, 9.17) is 9.47 Å². The number of amides is 2. The van der Waals surface area contributed by atoms with Gasteiger partial charge in [0, 0.05) is 30.2 Å². The number of nitrogens with one attached hydrogen (secondary N) is 2. The van der Waals surface area contributed by atoms with Crippen LogP contribution in [0.3, 0.4) is 0 Å². The fraction of sp³-hybridized carbons (Fsp3) is 0.381. The van der Waals surface area contributed by atoms with Crippen molar-refractivity contribution in [1.29, 1.82) is 0 Å². The minimum atomic E-state index is -0.494. The van der Waals surface area contributed by atoms with E-state index < -0.39 is 5.97 Å². The van der Waals surface area contributed by atoms with Crippen LogP contribution in [0.1, 0.15) is 31.5 Å². The molecule has 2 aromatic rings. The van der Waals surface area contributed by atoms with Gasteiger partial charge in [0.05, 0.1) is 30.9 Å². The van der Waals surface area contributed by atoms with Gasteiger partial charge in [0.25, 0.3) is 0 Å². The number of rotatable bonds is 6. The molecule has 1 aromatic heterocycles. The van der Waals surface area contributed by atoms with Crippen LogP contribution in [-0.2, 0) is 25.5 Å². The van der Waals surface area contributed by atoms with E-state index in [2.05, 4.69) is 10.3 Å². The minimum absolute atomic E-state index is 0.0888. The average molecular weight is 399 g/mol. The number of hydrogen-bond acceptors (Lipinski definition) is 5. The highest BCUT2D eigenvalue weighted by Gasteiger charge is 2.27. The molecule has 154 valence electrons. The first-order chi connectivity index (χ1) is 14.0. The SMILES string of the molecule is CCOC(=O)CCNC(=O)N1C=C(C(=O)OCC)c2[nH]c3ccccc3c2CC1. The molecule has 0 spiro atoms. The van der Waals surface area contributed by atoms with Crippen LogP contribution in [0.2, 0.25) is 0 Å². The van der Waals surface area contributed by atoms with E-state index in [1.54, 1.807) is 13.8 Å². The van der Waals surface area contributed by atoms with Crippen LogP contribution in [0.15, 0.2) is 30.5 Å². The summed E-state index contributed by atoms with van der Waals surface area (Å²) in [6.45, 7) is 4.55. The predicted octanol–water partition coefficient (Wildman–Crippen LogP) is 2.59. The number of hydrogen-bond donors (Lipinski definition) is 2. The molecule has 2 N–H and O–H groups in total. The van der Waals surface area contributed by atoms with Gasteiger partial charge in [-0.1, -0.05) is 18.2 Å². The van der Waals surface area contributed by atoms with Gasteiger partial charge in [0.2, 0.25) is 0 Å². The van der Waals surface area contributed by atoms with Gasteiger partial charge in [-0.2, -0.15) is 0 Å². The summed E-state index contributed by atoms with van der Waals surface area (Å²) in [5, 5.41) is 3.71. The summed E-state index contributed by atoms with van der Waals surface area (Å²) in [7, 11) is 0. The highest BCUT2D eigenvalue weighted by Crippen LogP contribution is 2.31. The molecule has 0 bridgehead atoms. The highest BCUT2D eigenvalue weighted by atomic mass is 16.5. The summed E-state index contributed by atoms with van der Waals surface area (Å²) in [6, 6.07) is 7.42. The van der Waals surface area contributed by atoms with E-state index in [1.165, 1.54) is 11.1 Å². The lowest BCUT2D eigenvalue weighted by atomic mass is 10.0. The van der Waals surface area contributed by atoms with E-state index in [1.807, 2.05) is 24.3 Å². The zero-order chi connectivity index (χ0) is 20.8. The normalized spacial score (nSPS) is 13.3. The third-order valence-corrected chi connectivity index (χ3v) is 4.64. The Balaban J connectivity index is 1.83. The number of carbonyl (C=O) groups is 3. The number of fused-ring (bicyclic) bond motifs is 3. The second-order valence-electron chi connectivity index (χ2n) is 6.52. The molecular weight excluding hydrogens is 374 g/mol. The van der Waals surface area contributed by atoms with Crippen LogP contribution in [0.25, 0.3) is 16.5 Å². The molecule has 29 heavy (non-hydrogen) atoms. The molecular formula is C21H25N3O5. The summed E-state index contributed by atoms with van der Waals surface area (Å²) in [4.78, 5) is 41.4.